The van der Waals surface area contributed by atoms with Crippen LogP contribution in [0.2, 0.25) is 0 Å². The highest BCUT2D eigenvalue weighted by Crippen LogP contribution is 2.14. The van der Waals surface area contributed by atoms with Gasteiger partial charge in [0.15, 0.2) is 0 Å². The van der Waals surface area contributed by atoms with Crippen LogP contribution >= 0.6 is 0 Å². The molecule has 1 rings (SSSR count). The number of hydrogen-bond donors (Lipinski definition) is 2. The topological polar surface area (TPSA) is 67.4 Å². The molecule has 0 aliphatic rings. The second-order valence-electron chi connectivity index (χ2n) is 4.00. The molecule has 2 N–H and O–H groups in total. The number of sulfonamides is 1. The van der Waals surface area contributed by atoms with E-state index in [4.69, 9.17) is 0 Å². The van der Waals surface area contributed by atoms with E-state index < -0.39 is 23.1 Å². The third-order valence-corrected chi connectivity index (χ3v) is 3.97. The summed E-state index contributed by atoms with van der Waals surface area (Å²) in [5.74, 6) is 0. The minimum absolute atomic E-state index is 0.0526. The van der Waals surface area contributed by atoms with Gasteiger partial charge < -0.3 is 10.1 Å². The van der Waals surface area contributed by atoms with Crippen LogP contribution < -0.4 is 10.0 Å². The van der Waals surface area contributed by atoms with E-state index in [9.17, 15) is 17.2 Å². The van der Waals surface area contributed by atoms with Gasteiger partial charge in [0.25, 0.3) is 6.43 Å². The van der Waals surface area contributed by atoms with Crippen LogP contribution in [0.25, 0.3) is 0 Å². The molecule has 20 heavy (non-hydrogen) atoms. The van der Waals surface area contributed by atoms with Gasteiger partial charge in [0.1, 0.15) is 6.61 Å². The predicted molar refractivity (Wildman–Crippen MR) is 71.2 cm³/mol. The Balaban J connectivity index is 2.60. The summed E-state index contributed by atoms with van der Waals surface area (Å²) in [5, 5.41) is 2.89. The van der Waals surface area contributed by atoms with Gasteiger partial charge in [0.05, 0.1) is 11.5 Å². The molecule has 0 aliphatic carbocycles. The van der Waals surface area contributed by atoms with E-state index >= 15 is 0 Å². The molecule has 114 valence electrons. The number of halogens is 2. The number of rotatable bonds is 9. The maximum absolute atomic E-state index is 12.1. The van der Waals surface area contributed by atoms with E-state index in [1.807, 2.05) is 0 Å². The highest BCUT2D eigenvalue weighted by Gasteiger charge is 2.17. The van der Waals surface area contributed by atoms with Crippen LogP contribution in [0.15, 0.2) is 29.2 Å². The zero-order chi connectivity index (χ0) is 15.0. The molecule has 0 atom stereocenters. The average molecular weight is 308 g/mol. The third kappa shape index (κ3) is 5.49. The van der Waals surface area contributed by atoms with Crippen molar-refractivity contribution < 1.29 is 21.9 Å². The van der Waals surface area contributed by atoms with Crippen molar-refractivity contribution >= 4 is 10.0 Å². The van der Waals surface area contributed by atoms with E-state index in [2.05, 4.69) is 14.8 Å². The van der Waals surface area contributed by atoms with Crippen molar-refractivity contribution in [1.82, 2.24) is 10.0 Å². The average Bonchev–Trinajstić information content (AvgIpc) is 2.38. The van der Waals surface area contributed by atoms with E-state index in [0.717, 1.165) is 0 Å². The van der Waals surface area contributed by atoms with Crippen molar-refractivity contribution in [2.75, 3.05) is 26.8 Å². The normalized spacial score (nSPS) is 12.0. The molecule has 0 aliphatic heterocycles. The van der Waals surface area contributed by atoms with E-state index in [-0.39, 0.29) is 18.0 Å². The third-order valence-electron chi connectivity index (χ3n) is 2.41. The molecular formula is C12H18F2N2O3S. The van der Waals surface area contributed by atoms with Crippen LogP contribution in [-0.2, 0) is 21.3 Å². The van der Waals surface area contributed by atoms with Crippen molar-refractivity contribution in [3.63, 3.8) is 0 Å². The van der Waals surface area contributed by atoms with Gasteiger partial charge in [-0.3, -0.25) is 0 Å². The van der Waals surface area contributed by atoms with Gasteiger partial charge >= 0.3 is 0 Å². The van der Waals surface area contributed by atoms with Gasteiger partial charge in [-0.2, -0.15) is 0 Å². The summed E-state index contributed by atoms with van der Waals surface area (Å²) in [6, 6.07) is 6.58. The van der Waals surface area contributed by atoms with Crippen molar-refractivity contribution in [3.8, 4) is 0 Å². The highest BCUT2D eigenvalue weighted by atomic mass is 32.2. The molecule has 0 saturated carbocycles. The van der Waals surface area contributed by atoms with Gasteiger partial charge in [0.2, 0.25) is 10.0 Å². The van der Waals surface area contributed by atoms with E-state index in [0.29, 0.717) is 12.1 Å². The Bertz CT molecular complexity index is 509. The minimum Gasteiger partial charge on any atom is -0.374 e. The molecule has 0 radical (unpaired) electrons. The van der Waals surface area contributed by atoms with Crippen LogP contribution in [0.1, 0.15) is 5.56 Å². The lowest BCUT2D eigenvalue weighted by Gasteiger charge is -2.11. The largest absolute Gasteiger partial charge is 0.374 e. The molecule has 0 spiro atoms. The maximum Gasteiger partial charge on any atom is 0.261 e. The molecule has 1 aromatic carbocycles. The van der Waals surface area contributed by atoms with Crippen molar-refractivity contribution in [2.24, 2.45) is 0 Å². The molecule has 0 unspecified atom stereocenters. The van der Waals surface area contributed by atoms with Gasteiger partial charge in [-0.1, -0.05) is 18.2 Å². The Hall–Kier alpha value is -1.09. The molecule has 0 amide bonds. The molecule has 0 bridgehead atoms. The zero-order valence-electron chi connectivity index (χ0n) is 11.1. The fourth-order valence-electron chi connectivity index (χ4n) is 1.60. The molecule has 0 heterocycles. The second kappa shape index (κ2) is 8.25. The lowest BCUT2D eigenvalue weighted by Crippen LogP contribution is -2.29. The van der Waals surface area contributed by atoms with Gasteiger partial charge in [-0.15, -0.1) is 0 Å². The summed E-state index contributed by atoms with van der Waals surface area (Å²) >= 11 is 0. The van der Waals surface area contributed by atoms with Crippen molar-refractivity contribution in [3.05, 3.63) is 29.8 Å². The summed E-state index contributed by atoms with van der Waals surface area (Å²) in [6.45, 7) is -0.433. The van der Waals surface area contributed by atoms with Crippen LogP contribution in [0, 0.1) is 0 Å². The summed E-state index contributed by atoms with van der Waals surface area (Å²) in [4.78, 5) is 0.170. The monoisotopic (exact) mass is 308 g/mol. The van der Waals surface area contributed by atoms with Crippen LogP contribution in [0.3, 0.4) is 0 Å². The Morgan fingerprint density at radius 3 is 2.65 bits per heavy atom. The molecular weight excluding hydrogens is 290 g/mol. The second-order valence-corrected chi connectivity index (χ2v) is 5.74. The van der Waals surface area contributed by atoms with Crippen molar-refractivity contribution in [2.45, 2.75) is 17.9 Å². The highest BCUT2D eigenvalue weighted by molar-refractivity contribution is 7.89. The van der Waals surface area contributed by atoms with Crippen LogP contribution in [-0.4, -0.2) is 41.6 Å². The number of ether oxygens (including phenoxy) is 1. The molecule has 0 aromatic heterocycles. The summed E-state index contributed by atoms with van der Waals surface area (Å²) in [5.41, 5.74) is 0.635. The Kier molecular flexibility index (Phi) is 7.00. The summed E-state index contributed by atoms with van der Waals surface area (Å²) in [6.07, 6.45) is -2.55. The van der Waals surface area contributed by atoms with Gasteiger partial charge in [-0.05, 0) is 18.7 Å². The first-order valence-electron chi connectivity index (χ1n) is 6.05. The lowest BCUT2D eigenvalue weighted by molar-refractivity contribution is 0.0199. The van der Waals surface area contributed by atoms with Gasteiger partial charge in [-0.25, -0.2) is 21.9 Å². The lowest BCUT2D eigenvalue weighted by atomic mass is 10.2. The van der Waals surface area contributed by atoms with Crippen molar-refractivity contribution in [1.29, 1.82) is 0 Å². The Morgan fingerprint density at radius 1 is 1.30 bits per heavy atom. The standard InChI is InChI=1S/C12H18F2N2O3S/c1-15-8-10-4-2-3-5-11(10)20(17,18)16-6-7-19-9-12(13)14/h2-5,12,15-16H,6-9H2,1H3. The first kappa shape index (κ1) is 17.0. The Labute approximate surface area is 117 Å². The fraction of sp³-hybridized carbons (Fsp3) is 0.500. The van der Waals surface area contributed by atoms with Crippen LogP contribution in [0.4, 0.5) is 8.78 Å². The molecule has 5 nitrogen and oxygen atoms in total. The number of hydrogen-bond acceptors (Lipinski definition) is 4. The zero-order valence-corrected chi connectivity index (χ0v) is 11.9. The molecule has 0 fully saturated rings. The summed E-state index contributed by atoms with van der Waals surface area (Å²) in [7, 11) is -1.95. The van der Waals surface area contributed by atoms with Gasteiger partial charge in [0, 0.05) is 13.1 Å². The maximum atomic E-state index is 12.1. The number of benzene rings is 1. The predicted octanol–water partition coefficient (Wildman–Crippen LogP) is 0.966. The number of nitrogens with one attached hydrogen (secondary N) is 2. The minimum atomic E-state index is -3.67. The molecule has 8 heteroatoms. The Morgan fingerprint density at radius 2 is 2.00 bits per heavy atom. The number of alkyl halides is 2. The van der Waals surface area contributed by atoms with E-state index in [1.54, 1.807) is 25.2 Å². The molecule has 0 saturated heterocycles. The summed E-state index contributed by atoms with van der Waals surface area (Å²) < 4.78 is 54.8. The first-order chi connectivity index (χ1) is 9.47. The SMILES string of the molecule is CNCc1ccccc1S(=O)(=O)NCCOCC(F)F. The first-order valence-corrected chi connectivity index (χ1v) is 7.53. The van der Waals surface area contributed by atoms with E-state index in [1.165, 1.54) is 6.07 Å². The smallest absolute Gasteiger partial charge is 0.261 e. The quantitative estimate of drug-likeness (QED) is 0.667. The molecule has 1 aromatic rings. The fourth-order valence-corrected chi connectivity index (χ4v) is 2.85. The van der Waals surface area contributed by atoms with Crippen LogP contribution in [0.5, 0.6) is 0 Å².